The van der Waals surface area contributed by atoms with Crippen molar-refractivity contribution in [1.82, 2.24) is 9.88 Å². The Morgan fingerprint density at radius 2 is 2.33 bits per heavy atom. The Hall–Kier alpha value is -1.93. The summed E-state index contributed by atoms with van der Waals surface area (Å²) < 4.78 is 5.19. The molecule has 5 nitrogen and oxygen atoms in total. The van der Waals surface area contributed by atoms with Crippen LogP contribution in [0.25, 0.3) is 0 Å². The molecule has 5 heteroatoms. The lowest BCUT2D eigenvalue weighted by molar-refractivity contribution is -0.137. The van der Waals surface area contributed by atoms with Crippen LogP contribution in [0.1, 0.15) is 5.56 Å². The van der Waals surface area contributed by atoms with Crippen LogP contribution in [0.15, 0.2) is 24.5 Å². The van der Waals surface area contributed by atoms with E-state index in [1.807, 2.05) is 12.1 Å². The number of nitriles is 1. The van der Waals surface area contributed by atoms with E-state index in [1.54, 1.807) is 17.3 Å². The second kappa shape index (κ2) is 6.12. The van der Waals surface area contributed by atoms with Crippen molar-refractivity contribution in [3.05, 3.63) is 30.1 Å². The molecule has 1 aromatic rings. The number of ether oxygens (including phenoxy) is 1. The number of rotatable bonds is 3. The zero-order chi connectivity index (χ0) is 12.8. The molecule has 1 amide bonds. The Morgan fingerprint density at radius 1 is 1.56 bits per heavy atom. The Labute approximate surface area is 106 Å². The van der Waals surface area contributed by atoms with Crippen LogP contribution in [0.3, 0.4) is 0 Å². The third-order valence-corrected chi connectivity index (χ3v) is 2.94. The molecule has 0 radical (unpaired) electrons. The van der Waals surface area contributed by atoms with E-state index < -0.39 is 5.92 Å². The second-order valence-electron chi connectivity index (χ2n) is 4.18. The third-order valence-electron chi connectivity index (χ3n) is 2.94. The number of hydrogen-bond donors (Lipinski definition) is 0. The van der Waals surface area contributed by atoms with Gasteiger partial charge in [-0.2, -0.15) is 5.26 Å². The van der Waals surface area contributed by atoms with Crippen LogP contribution < -0.4 is 0 Å². The molecule has 0 saturated carbocycles. The molecule has 0 N–H and O–H groups in total. The van der Waals surface area contributed by atoms with Gasteiger partial charge in [-0.15, -0.1) is 0 Å². The first-order valence-electron chi connectivity index (χ1n) is 5.96. The van der Waals surface area contributed by atoms with Crippen LogP contribution in [0.4, 0.5) is 0 Å². The van der Waals surface area contributed by atoms with E-state index in [4.69, 9.17) is 10.00 Å². The molecular formula is C13H15N3O2. The summed E-state index contributed by atoms with van der Waals surface area (Å²) in [6.07, 6.45) is 3.78. The molecule has 1 aliphatic heterocycles. The fraction of sp³-hybridized carbons (Fsp3) is 0.462. The highest BCUT2D eigenvalue weighted by molar-refractivity contribution is 5.81. The first-order valence-corrected chi connectivity index (χ1v) is 5.96. The smallest absolute Gasteiger partial charge is 0.240 e. The van der Waals surface area contributed by atoms with Gasteiger partial charge in [-0.3, -0.25) is 9.78 Å². The Balaban J connectivity index is 2.00. The summed E-state index contributed by atoms with van der Waals surface area (Å²) in [5, 5.41) is 9.14. The van der Waals surface area contributed by atoms with Crippen molar-refractivity contribution in [3.8, 4) is 6.07 Å². The lowest BCUT2D eigenvalue weighted by Crippen LogP contribution is -2.43. The topological polar surface area (TPSA) is 66.2 Å². The maximum atomic E-state index is 12.2. The van der Waals surface area contributed by atoms with Crippen LogP contribution in [0, 0.1) is 17.2 Å². The molecule has 0 aliphatic carbocycles. The normalized spacial score (nSPS) is 16.9. The molecule has 94 valence electrons. The first-order chi connectivity index (χ1) is 8.81. The van der Waals surface area contributed by atoms with Crippen molar-refractivity contribution in [3.63, 3.8) is 0 Å². The molecular weight excluding hydrogens is 230 g/mol. The molecule has 0 spiro atoms. The van der Waals surface area contributed by atoms with Crippen LogP contribution >= 0.6 is 0 Å². The molecule has 2 heterocycles. The van der Waals surface area contributed by atoms with Gasteiger partial charge in [0.2, 0.25) is 5.91 Å². The summed E-state index contributed by atoms with van der Waals surface area (Å²) in [6.45, 7) is 2.25. The van der Waals surface area contributed by atoms with Gasteiger partial charge < -0.3 is 9.64 Å². The lowest BCUT2D eigenvalue weighted by Gasteiger charge is -2.28. The van der Waals surface area contributed by atoms with Crippen molar-refractivity contribution in [2.24, 2.45) is 5.92 Å². The number of amides is 1. The van der Waals surface area contributed by atoms with E-state index in [0.717, 1.165) is 5.56 Å². The van der Waals surface area contributed by atoms with Gasteiger partial charge in [-0.05, 0) is 18.1 Å². The van der Waals surface area contributed by atoms with Crippen molar-refractivity contribution in [2.45, 2.75) is 6.42 Å². The van der Waals surface area contributed by atoms with Crippen molar-refractivity contribution in [2.75, 3.05) is 26.3 Å². The second-order valence-corrected chi connectivity index (χ2v) is 4.18. The third kappa shape index (κ3) is 3.05. The minimum absolute atomic E-state index is 0.107. The predicted molar refractivity (Wildman–Crippen MR) is 64.4 cm³/mol. The molecule has 0 bridgehead atoms. The fourth-order valence-electron chi connectivity index (χ4n) is 1.95. The van der Waals surface area contributed by atoms with Crippen molar-refractivity contribution >= 4 is 5.91 Å². The van der Waals surface area contributed by atoms with E-state index in [0.29, 0.717) is 32.7 Å². The van der Waals surface area contributed by atoms with Gasteiger partial charge in [0.1, 0.15) is 5.92 Å². The number of pyridine rings is 1. The first kappa shape index (κ1) is 12.5. The standard InChI is InChI=1S/C13H15N3O2/c14-9-12(8-11-2-1-3-15-10-11)13(17)16-4-6-18-7-5-16/h1-3,10,12H,4-8H2. The predicted octanol–water partition coefficient (Wildman–Crippen LogP) is 0.623. The van der Waals surface area contributed by atoms with Gasteiger partial charge in [0, 0.05) is 25.5 Å². The highest BCUT2D eigenvalue weighted by Crippen LogP contribution is 2.11. The van der Waals surface area contributed by atoms with E-state index in [1.165, 1.54) is 0 Å². The van der Waals surface area contributed by atoms with Gasteiger partial charge in [-0.25, -0.2) is 0 Å². The SMILES string of the molecule is N#CC(Cc1cccnc1)C(=O)N1CCOCC1. The van der Waals surface area contributed by atoms with Crippen LogP contribution in [-0.2, 0) is 16.0 Å². The quantitative estimate of drug-likeness (QED) is 0.783. The minimum atomic E-state index is -0.632. The summed E-state index contributed by atoms with van der Waals surface area (Å²) in [4.78, 5) is 17.9. The largest absolute Gasteiger partial charge is 0.378 e. The molecule has 1 atom stereocenters. The highest BCUT2D eigenvalue weighted by Gasteiger charge is 2.25. The van der Waals surface area contributed by atoms with Gasteiger partial charge in [-0.1, -0.05) is 6.07 Å². The number of carbonyl (C=O) groups is 1. The lowest BCUT2D eigenvalue weighted by atomic mass is 10.0. The van der Waals surface area contributed by atoms with Crippen LogP contribution in [0.2, 0.25) is 0 Å². The summed E-state index contributed by atoms with van der Waals surface area (Å²) >= 11 is 0. The number of morpholine rings is 1. The Bertz CT molecular complexity index is 435. The van der Waals surface area contributed by atoms with Crippen LogP contribution in [0.5, 0.6) is 0 Å². The van der Waals surface area contributed by atoms with E-state index in [9.17, 15) is 4.79 Å². The number of carbonyl (C=O) groups excluding carboxylic acids is 1. The van der Waals surface area contributed by atoms with Gasteiger partial charge in [0.25, 0.3) is 0 Å². The average Bonchev–Trinajstić information content (AvgIpc) is 2.46. The summed E-state index contributed by atoms with van der Waals surface area (Å²) in [5.41, 5.74) is 0.908. The monoisotopic (exact) mass is 245 g/mol. The Morgan fingerprint density at radius 3 is 2.94 bits per heavy atom. The van der Waals surface area contributed by atoms with Gasteiger partial charge >= 0.3 is 0 Å². The Kier molecular flexibility index (Phi) is 4.26. The van der Waals surface area contributed by atoms with Gasteiger partial charge in [0.05, 0.1) is 19.3 Å². The molecule has 18 heavy (non-hydrogen) atoms. The molecule has 1 aromatic heterocycles. The van der Waals surface area contributed by atoms with Crippen LogP contribution in [-0.4, -0.2) is 42.1 Å². The van der Waals surface area contributed by atoms with E-state index >= 15 is 0 Å². The van der Waals surface area contributed by atoms with Gasteiger partial charge in [0.15, 0.2) is 0 Å². The van der Waals surface area contributed by atoms with Crippen molar-refractivity contribution in [1.29, 1.82) is 5.26 Å². The number of hydrogen-bond acceptors (Lipinski definition) is 4. The molecule has 1 saturated heterocycles. The zero-order valence-corrected chi connectivity index (χ0v) is 10.1. The summed E-state index contributed by atoms with van der Waals surface area (Å²) in [6, 6.07) is 5.78. The number of aromatic nitrogens is 1. The average molecular weight is 245 g/mol. The minimum Gasteiger partial charge on any atom is -0.378 e. The zero-order valence-electron chi connectivity index (χ0n) is 10.1. The van der Waals surface area contributed by atoms with Crippen molar-refractivity contribution < 1.29 is 9.53 Å². The highest BCUT2D eigenvalue weighted by atomic mass is 16.5. The molecule has 2 rings (SSSR count). The molecule has 1 aliphatic rings. The van der Waals surface area contributed by atoms with E-state index in [-0.39, 0.29) is 5.91 Å². The fourth-order valence-corrected chi connectivity index (χ4v) is 1.95. The maximum absolute atomic E-state index is 12.2. The van der Waals surface area contributed by atoms with E-state index in [2.05, 4.69) is 11.1 Å². The molecule has 1 unspecified atom stereocenters. The summed E-state index contributed by atoms with van der Waals surface area (Å²) in [7, 11) is 0. The maximum Gasteiger partial charge on any atom is 0.240 e. The molecule has 0 aromatic carbocycles. The summed E-state index contributed by atoms with van der Waals surface area (Å²) in [5.74, 6) is -0.739. The number of nitrogens with zero attached hydrogens (tertiary/aromatic N) is 3. The molecule has 1 fully saturated rings.